The summed E-state index contributed by atoms with van der Waals surface area (Å²) in [6.45, 7) is 2.73. The van der Waals surface area contributed by atoms with Gasteiger partial charge in [-0.2, -0.15) is 0 Å². The van der Waals surface area contributed by atoms with Gasteiger partial charge >= 0.3 is 5.97 Å². The SMILES string of the molecule is COC(=O)[C@@H](N)Cc1ccc(CC(=O)CCCNc2cc(C)ccn2)cc1. The number of hydrogen-bond acceptors (Lipinski definition) is 6. The van der Waals surface area contributed by atoms with Crippen LogP contribution in [0.2, 0.25) is 0 Å². The lowest BCUT2D eigenvalue weighted by Crippen LogP contribution is -2.33. The van der Waals surface area contributed by atoms with Gasteiger partial charge in [0.2, 0.25) is 0 Å². The second kappa shape index (κ2) is 10.4. The van der Waals surface area contributed by atoms with Gasteiger partial charge in [0.15, 0.2) is 0 Å². The average molecular weight is 369 g/mol. The number of pyridine rings is 1. The van der Waals surface area contributed by atoms with Crippen LogP contribution < -0.4 is 11.1 Å². The van der Waals surface area contributed by atoms with Crippen LogP contribution in [0.25, 0.3) is 0 Å². The third-order valence-electron chi connectivity index (χ3n) is 4.24. The number of nitrogens with two attached hydrogens (primary N) is 1. The van der Waals surface area contributed by atoms with Crippen LogP contribution in [0.3, 0.4) is 0 Å². The third-order valence-corrected chi connectivity index (χ3v) is 4.24. The number of anilines is 1. The van der Waals surface area contributed by atoms with Gasteiger partial charge in [0.05, 0.1) is 7.11 Å². The van der Waals surface area contributed by atoms with E-state index in [9.17, 15) is 9.59 Å². The van der Waals surface area contributed by atoms with Crippen LogP contribution in [-0.2, 0) is 27.2 Å². The van der Waals surface area contributed by atoms with Crippen molar-refractivity contribution in [2.24, 2.45) is 5.73 Å². The van der Waals surface area contributed by atoms with Gasteiger partial charge < -0.3 is 15.8 Å². The van der Waals surface area contributed by atoms with E-state index in [1.54, 1.807) is 6.20 Å². The number of esters is 1. The fraction of sp³-hybridized carbons (Fsp3) is 0.381. The Hall–Kier alpha value is -2.73. The van der Waals surface area contributed by atoms with Crippen molar-refractivity contribution in [3.63, 3.8) is 0 Å². The predicted octanol–water partition coefficient (Wildman–Crippen LogP) is 2.44. The number of ketones is 1. The molecule has 6 heteroatoms. The maximum atomic E-state index is 12.1. The number of benzene rings is 1. The van der Waals surface area contributed by atoms with Crippen molar-refractivity contribution in [2.45, 2.75) is 38.6 Å². The summed E-state index contributed by atoms with van der Waals surface area (Å²) in [6.07, 6.45) is 3.88. The van der Waals surface area contributed by atoms with Crippen LogP contribution in [0.15, 0.2) is 42.6 Å². The van der Waals surface area contributed by atoms with Gasteiger partial charge in [0, 0.05) is 25.6 Å². The molecule has 3 N–H and O–H groups in total. The van der Waals surface area contributed by atoms with E-state index >= 15 is 0 Å². The number of ether oxygens (including phenoxy) is 1. The Labute approximate surface area is 160 Å². The highest BCUT2D eigenvalue weighted by Gasteiger charge is 2.14. The molecule has 0 amide bonds. The molecule has 0 bridgehead atoms. The summed E-state index contributed by atoms with van der Waals surface area (Å²) in [7, 11) is 1.32. The van der Waals surface area contributed by atoms with Gasteiger partial charge in [0.1, 0.15) is 17.6 Å². The number of aryl methyl sites for hydroxylation is 1. The van der Waals surface area contributed by atoms with Crippen LogP contribution in [0.4, 0.5) is 5.82 Å². The number of methoxy groups -OCH3 is 1. The van der Waals surface area contributed by atoms with E-state index in [-0.39, 0.29) is 5.78 Å². The van der Waals surface area contributed by atoms with E-state index in [2.05, 4.69) is 15.0 Å². The van der Waals surface area contributed by atoms with Crippen LogP contribution in [0.5, 0.6) is 0 Å². The van der Waals surface area contributed by atoms with Gasteiger partial charge in [-0.15, -0.1) is 0 Å². The summed E-state index contributed by atoms with van der Waals surface area (Å²) in [6, 6.07) is 10.9. The first-order valence-electron chi connectivity index (χ1n) is 9.07. The molecule has 144 valence electrons. The standard InChI is InChI=1S/C21H27N3O3/c1-15-9-11-24-20(12-15)23-10-3-4-18(25)13-16-5-7-17(8-6-16)14-19(22)21(26)27-2/h5-9,11-12,19H,3-4,10,13-14,22H2,1-2H3,(H,23,24)/t19-/m0/s1. The minimum Gasteiger partial charge on any atom is -0.468 e. The van der Waals surface area contributed by atoms with E-state index in [0.717, 1.165) is 28.9 Å². The van der Waals surface area contributed by atoms with E-state index < -0.39 is 12.0 Å². The number of carbonyl (C=O) groups excluding carboxylic acids is 2. The van der Waals surface area contributed by atoms with Crippen molar-refractivity contribution in [3.8, 4) is 0 Å². The molecule has 1 heterocycles. The van der Waals surface area contributed by atoms with E-state index in [4.69, 9.17) is 5.73 Å². The normalized spacial score (nSPS) is 11.7. The minimum absolute atomic E-state index is 0.202. The van der Waals surface area contributed by atoms with Crippen molar-refractivity contribution in [3.05, 3.63) is 59.3 Å². The van der Waals surface area contributed by atoms with E-state index in [1.807, 2.05) is 43.3 Å². The highest BCUT2D eigenvalue weighted by molar-refractivity contribution is 5.80. The molecule has 0 aliphatic carbocycles. The lowest BCUT2D eigenvalue weighted by molar-refractivity contribution is -0.142. The molecular weight excluding hydrogens is 342 g/mol. The smallest absolute Gasteiger partial charge is 0.322 e. The fourth-order valence-corrected chi connectivity index (χ4v) is 2.73. The van der Waals surface area contributed by atoms with Crippen LogP contribution in [0, 0.1) is 6.92 Å². The number of nitrogens with one attached hydrogen (secondary N) is 1. The van der Waals surface area contributed by atoms with Crippen molar-refractivity contribution < 1.29 is 14.3 Å². The van der Waals surface area contributed by atoms with Crippen molar-refractivity contribution >= 4 is 17.6 Å². The number of hydrogen-bond donors (Lipinski definition) is 2. The first-order valence-corrected chi connectivity index (χ1v) is 9.07. The number of carbonyl (C=O) groups is 2. The van der Waals surface area contributed by atoms with Gasteiger partial charge in [0.25, 0.3) is 0 Å². The molecule has 0 fully saturated rings. The minimum atomic E-state index is -0.669. The Morgan fingerprint density at radius 2 is 1.89 bits per heavy atom. The molecule has 27 heavy (non-hydrogen) atoms. The summed E-state index contributed by atoms with van der Waals surface area (Å²) < 4.78 is 4.62. The summed E-state index contributed by atoms with van der Waals surface area (Å²) in [4.78, 5) is 27.7. The Morgan fingerprint density at radius 3 is 2.56 bits per heavy atom. The zero-order valence-electron chi connectivity index (χ0n) is 15.9. The number of Topliss-reactive ketones (excluding diaryl/α,β-unsaturated/α-hetero) is 1. The van der Waals surface area contributed by atoms with Crippen LogP contribution in [-0.4, -0.2) is 36.4 Å². The molecule has 1 aromatic heterocycles. The zero-order chi connectivity index (χ0) is 19.6. The van der Waals surface area contributed by atoms with Gasteiger partial charge in [-0.05, 0) is 48.6 Å². The van der Waals surface area contributed by atoms with Crippen molar-refractivity contribution in [2.75, 3.05) is 19.0 Å². The molecule has 1 atom stereocenters. The lowest BCUT2D eigenvalue weighted by atomic mass is 10.0. The quantitative estimate of drug-likeness (QED) is 0.493. The maximum absolute atomic E-state index is 12.1. The van der Waals surface area contributed by atoms with Crippen LogP contribution in [0.1, 0.15) is 29.5 Å². The van der Waals surface area contributed by atoms with Crippen LogP contribution >= 0.6 is 0 Å². The Kier molecular flexibility index (Phi) is 7.95. The van der Waals surface area contributed by atoms with Crippen molar-refractivity contribution in [1.82, 2.24) is 4.98 Å². The molecule has 1 aromatic carbocycles. The predicted molar refractivity (Wildman–Crippen MR) is 106 cm³/mol. The first kappa shape index (κ1) is 20.6. The Bertz CT molecular complexity index is 760. The fourth-order valence-electron chi connectivity index (χ4n) is 2.73. The van der Waals surface area contributed by atoms with Gasteiger partial charge in [-0.3, -0.25) is 9.59 Å². The summed E-state index contributed by atoms with van der Waals surface area (Å²) in [5, 5.41) is 3.23. The topological polar surface area (TPSA) is 94.3 Å². The molecular formula is C21H27N3O3. The lowest BCUT2D eigenvalue weighted by Gasteiger charge is -2.09. The van der Waals surface area contributed by atoms with E-state index in [1.165, 1.54) is 7.11 Å². The number of rotatable bonds is 10. The molecule has 0 aliphatic rings. The second-order valence-electron chi connectivity index (χ2n) is 6.61. The molecule has 0 saturated carbocycles. The van der Waals surface area contributed by atoms with E-state index in [0.29, 0.717) is 25.8 Å². The molecule has 0 saturated heterocycles. The maximum Gasteiger partial charge on any atom is 0.322 e. The zero-order valence-corrected chi connectivity index (χ0v) is 15.9. The molecule has 0 radical (unpaired) electrons. The third kappa shape index (κ3) is 7.19. The summed E-state index contributed by atoms with van der Waals surface area (Å²) in [5.74, 6) is 0.611. The summed E-state index contributed by atoms with van der Waals surface area (Å²) >= 11 is 0. The molecule has 0 aliphatic heterocycles. The first-order chi connectivity index (χ1) is 13.0. The molecule has 2 rings (SSSR count). The molecule has 6 nitrogen and oxygen atoms in total. The number of aromatic nitrogens is 1. The molecule has 0 unspecified atom stereocenters. The largest absolute Gasteiger partial charge is 0.468 e. The Balaban J connectivity index is 1.71. The van der Waals surface area contributed by atoms with Gasteiger partial charge in [-0.25, -0.2) is 4.98 Å². The monoisotopic (exact) mass is 369 g/mol. The molecule has 0 spiro atoms. The second-order valence-corrected chi connectivity index (χ2v) is 6.61. The molecule has 2 aromatic rings. The highest BCUT2D eigenvalue weighted by atomic mass is 16.5. The summed E-state index contributed by atoms with van der Waals surface area (Å²) in [5.41, 5.74) is 8.82. The van der Waals surface area contributed by atoms with Gasteiger partial charge in [-0.1, -0.05) is 24.3 Å². The highest BCUT2D eigenvalue weighted by Crippen LogP contribution is 2.10. The van der Waals surface area contributed by atoms with Crippen molar-refractivity contribution in [1.29, 1.82) is 0 Å². The number of nitrogens with zero attached hydrogens (tertiary/aromatic N) is 1. The average Bonchev–Trinajstić information content (AvgIpc) is 2.66. The Morgan fingerprint density at radius 1 is 1.19 bits per heavy atom.